The van der Waals surface area contributed by atoms with E-state index in [1.807, 2.05) is 13.8 Å². The summed E-state index contributed by atoms with van der Waals surface area (Å²) >= 11 is 1.69. The Morgan fingerprint density at radius 2 is 2.18 bits per heavy atom. The third-order valence-electron chi connectivity index (χ3n) is 3.53. The van der Waals surface area contributed by atoms with E-state index < -0.39 is 6.23 Å². The first-order valence-corrected chi connectivity index (χ1v) is 7.28. The van der Waals surface area contributed by atoms with E-state index in [1.165, 1.54) is 12.8 Å². The minimum atomic E-state index is -0.640. The maximum Gasteiger partial charge on any atom is 0.245 e. The normalized spacial score (nSPS) is 34.7. The fraction of sp³-hybridized carbons (Fsp3) is 0.917. The first-order valence-electron chi connectivity index (χ1n) is 6.40. The Hall–Kier alpha value is -0.260. The van der Waals surface area contributed by atoms with Gasteiger partial charge in [0.25, 0.3) is 0 Å². The summed E-state index contributed by atoms with van der Waals surface area (Å²) in [5.74, 6) is 0.0528. The number of β-lactam (4-membered cyclic amide) rings is 1. The molecule has 5 heteroatoms. The van der Waals surface area contributed by atoms with Crippen LogP contribution in [0.5, 0.6) is 0 Å². The molecule has 2 fully saturated rings. The van der Waals surface area contributed by atoms with E-state index in [0.29, 0.717) is 0 Å². The largest absolute Gasteiger partial charge is 0.372 e. The Morgan fingerprint density at radius 3 is 2.82 bits per heavy atom. The lowest BCUT2D eigenvalue weighted by Crippen LogP contribution is -2.68. The average molecular weight is 258 g/mol. The molecule has 4 nitrogen and oxygen atoms in total. The van der Waals surface area contributed by atoms with Crippen LogP contribution in [0.4, 0.5) is 0 Å². The molecular weight excluding hydrogens is 236 g/mol. The molecule has 0 aromatic rings. The van der Waals surface area contributed by atoms with Crippen LogP contribution in [0.2, 0.25) is 0 Å². The van der Waals surface area contributed by atoms with Gasteiger partial charge in [-0.1, -0.05) is 19.8 Å². The van der Waals surface area contributed by atoms with Gasteiger partial charge >= 0.3 is 0 Å². The maximum absolute atomic E-state index is 11.9. The van der Waals surface area contributed by atoms with Crippen molar-refractivity contribution in [2.45, 2.75) is 62.4 Å². The molecule has 98 valence electrons. The molecule has 2 saturated heterocycles. The molecule has 0 aromatic heterocycles. The summed E-state index contributed by atoms with van der Waals surface area (Å²) in [6, 6.07) is -0.0896. The lowest BCUT2D eigenvalue weighted by molar-refractivity contribution is -0.160. The number of aliphatic hydroxyl groups is 1. The van der Waals surface area contributed by atoms with Gasteiger partial charge in [0.2, 0.25) is 5.91 Å². The van der Waals surface area contributed by atoms with Crippen molar-refractivity contribution in [1.29, 1.82) is 0 Å². The summed E-state index contributed by atoms with van der Waals surface area (Å²) in [6.07, 6.45) is 2.86. The van der Waals surface area contributed by atoms with Gasteiger partial charge in [0.1, 0.15) is 17.6 Å². The highest BCUT2D eigenvalue weighted by Gasteiger charge is 2.60. The van der Waals surface area contributed by atoms with E-state index in [4.69, 9.17) is 0 Å². The van der Waals surface area contributed by atoms with Gasteiger partial charge in [-0.15, -0.1) is 11.8 Å². The second-order valence-corrected chi connectivity index (χ2v) is 7.14. The number of aliphatic hydroxyl groups excluding tert-OH is 1. The predicted molar refractivity (Wildman–Crippen MR) is 69.6 cm³/mol. The molecule has 0 aliphatic carbocycles. The van der Waals surface area contributed by atoms with Crippen LogP contribution in [0, 0.1) is 0 Å². The SMILES string of the molecule is CCCCCNC1C(=O)N2C(O)C(C)(C)S[C@H]12. The average Bonchev–Trinajstić information content (AvgIpc) is 2.47. The number of nitrogens with zero attached hydrogens (tertiary/aromatic N) is 1. The number of rotatable bonds is 5. The van der Waals surface area contributed by atoms with Crippen molar-refractivity contribution in [3.05, 3.63) is 0 Å². The molecule has 1 amide bonds. The molecule has 0 spiro atoms. The quantitative estimate of drug-likeness (QED) is 0.574. The first kappa shape index (κ1) is 13.2. The van der Waals surface area contributed by atoms with Crippen molar-refractivity contribution in [1.82, 2.24) is 10.2 Å². The zero-order valence-electron chi connectivity index (χ0n) is 10.8. The van der Waals surface area contributed by atoms with Crippen molar-refractivity contribution in [3.63, 3.8) is 0 Å². The van der Waals surface area contributed by atoms with Crippen LogP contribution in [-0.2, 0) is 4.79 Å². The Kier molecular flexibility index (Phi) is 3.71. The van der Waals surface area contributed by atoms with Gasteiger partial charge in [-0.2, -0.15) is 0 Å². The number of unbranched alkanes of at least 4 members (excludes halogenated alkanes) is 2. The lowest BCUT2D eigenvalue weighted by Gasteiger charge is -2.43. The lowest BCUT2D eigenvalue weighted by atomic mass is 10.0. The molecule has 0 saturated carbocycles. The molecule has 3 atom stereocenters. The van der Waals surface area contributed by atoms with Gasteiger partial charge in [0, 0.05) is 0 Å². The van der Waals surface area contributed by atoms with E-state index in [-0.39, 0.29) is 22.1 Å². The zero-order valence-corrected chi connectivity index (χ0v) is 11.6. The minimum absolute atomic E-state index is 0.0528. The Bertz CT molecular complexity index is 309. The van der Waals surface area contributed by atoms with E-state index in [0.717, 1.165) is 13.0 Å². The highest BCUT2D eigenvalue weighted by molar-refractivity contribution is 8.01. The highest BCUT2D eigenvalue weighted by Crippen LogP contribution is 2.49. The maximum atomic E-state index is 11.9. The molecule has 2 unspecified atom stereocenters. The van der Waals surface area contributed by atoms with Gasteiger partial charge in [-0.25, -0.2) is 0 Å². The fourth-order valence-corrected chi connectivity index (χ4v) is 3.94. The summed E-state index contributed by atoms with van der Waals surface area (Å²) in [4.78, 5) is 13.5. The summed E-state index contributed by atoms with van der Waals surface area (Å²) < 4.78 is -0.250. The van der Waals surface area contributed by atoms with Crippen LogP contribution in [0.15, 0.2) is 0 Å². The Balaban J connectivity index is 1.86. The van der Waals surface area contributed by atoms with Crippen LogP contribution < -0.4 is 5.32 Å². The number of thioether (sulfide) groups is 1. The molecule has 2 aliphatic heterocycles. The summed E-state index contributed by atoms with van der Waals surface area (Å²) in [6.45, 7) is 7.04. The zero-order chi connectivity index (χ0) is 12.6. The third-order valence-corrected chi connectivity index (χ3v) is 5.09. The standard InChI is InChI=1S/C12H22N2O2S/c1-4-5-6-7-13-8-9(15)14-10(8)17-12(2,3)11(14)16/h8,10-11,13,16H,4-7H2,1-3H3/t8?,10-,11?/m1/s1. The number of fused-ring (bicyclic) bond motifs is 1. The van der Waals surface area contributed by atoms with Crippen LogP contribution in [0.25, 0.3) is 0 Å². The van der Waals surface area contributed by atoms with Crippen LogP contribution in [-0.4, -0.2) is 44.8 Å². The van der Waals surface area contributed by atoms with Crippen molar-refractivity contribution >= 4 is 17.7 Å². The second kappa shape index (κ2) is 4.78. The van der Waals surface area contributed by atoms with Crippen molar-refractivity contribution in [3.8, 4) is 0 Å². The van der Waals surface area contributed by atoms with Gasteiger partial charge < -0.3 is 15.3 Å². The van der Waals surface area contributed by atoms with Gasteiger partial charge in [-0.05, 0) is 26.8 Å². The molecule has 17 heavy (non-hydrogen) atoms. The summed E-state index contributed by atoms with van der Waals surface area (Å²) in [7, 11) is 0. The molecule has 2 N–H and O–H groups in total. The van der Waals surface area contributed by atoms with Crippen molar-refractivity contribution in [2.75, 3.05) is 6.54 Å². The number of carbonyl (C=O) groups excluding carboxylic acids is 1. The van der Waals surface area contributed by atoms with Crippen LogP contribution in [0.1, 0.15) is 40.0 Å². The van der Waals surface area contributed by atoms with E-state index in [1.54, 1.807) is 16.7 Å². The van der Waals surface area contributed by atoms with Crippen molar-refractivity contribution in [2.24, 2.45) is 0 Å². The second-order valence-electron chi connectivity index (χ2n) is 5.37. The van der Waals surface area contributed by atoms with Gasteiger partial charge in [0.05, 0.1) is 4.75 Å². The highest BCUT2D eigenvalue weighted by atomic mass is 32.2. The monoisotopic (exact) mass is 258 g/mol. The third kappa shape index (κ3) is 2.20. The Labute approximate surface area is 107 Å². The predicted octanol–water partition coefficient (Wildman–Crippen LogP) is 1.15. The molecule has 2 rings (SSSR count). The van der Waals surface area contributed by atoms with Crippen LogP contribution >= 0.6 is 11.8 Å². The molecule has 2 heterocycles. The van der Waals surface area contributed by atoms with Gasteiger partial charge in [0.15, 0.2) is 0 Å². The van der Waals surface area contributed by atoms with E-state index >= 15 is 0 Å². The molecule has 0 radical (unpaired) electrons. The van der Waals surface area contributed by atoms with Gasteiger partial charge in [-0.3, -0.25) is 4.79 Å². The minimum Gasteiger partial charge on any atom is -0.372 e. The number of hydrogen-bond donors (Lipinski definition) is 2. The van der Waals surface area contributed by atoms with E-state index in [2.05, 4.69) is 12.2 Å². The molecule has 0 aromatic carbocycles. The Morgan fingerprint density at radius 1 is 1.47 bits per heavy atom. The number of amides is 1. The summed E-state index contributed by atoms with van der Waals surface area (Å²) in [5.41, 5.74) is 0. The van der Waals surface area contributed by atoms with E-state index in [9.17, 15) is 9.90 Å². The molecular formula is C12H22N2O2S. The number of carbonyl (C=O) groups is 1. The molecule has 2 aliphatic rings. The fourth-order valence-electron chi connectivity index (χ4n) is 2.40. The molecule has 0 bridgehead atoms. The number of hydrogen-bond acceptors (Lipinski definition) is 4. The summed E-state index contributed by atoms with van der Waals surface area (Å²) in [5, 5.41) is 13.4. The smallest absolute Gasteiger partial charge is 0.245 e. The first-order chi connectivity index (χ1) is 7.99. The number of nitrogens with one attached hydrogen (secondary N) is 1. The topological polar surface area (TPSA) is 52.6 Å². The van der Waals surface area contributed by atoms with Crippen molar-refractivity contribution < 1.29 is 9.90 Å². The van der Waals surface area contributed by atoms with Crippen LogP contribution in [0.3, 0.4) is 0 Å².